The van der Waals surface area contributed by atoms with Crippen LogP contribution in [0.2, 0.25) is 0 Å². The Bertz CT molecular complexity index is 556. The number of nitrogens with one attached hydrogen (secondary N) is 1. The van der Waals surface area contributed by atoms with Gasteiger partial charge in [-0.2, -0.15) is 0 Å². The number of nitrogens with zero attached hydrogens (tertiary/aromatic N) is 2. The second-order valence-corrected chi connectivity index (χ2v) is 5.70. The number of thiazole rings is 1. The lowest BCUT2D eigenvalue weighted by Gasteiger charge is -2.14. The minimum Gasteiger partial charge on any atom is -0.300 e. The molecule has 0 aromatic carbocycles. The van der Waals surface area contributed by atoms with Crippen molar-refractivity contribution >= 4 is 34.2 Å². The lowest BCUT2D eigenvalue weighted by Crippen LogP contribution is -2.38. The van der Waals surface area contributed by atoms with Gasteiger partial charge in [0.05, 0.1) is 11.8 Å². The normalized spacial score (nSPS) is 24.9. The maximum Gasteiger partial charge on any atom is 0.246 e. The molecule has 1 fully saturated rings. The van der Waals surface area contributed by atoms with Crippen molar-refractivity contribution in [2.24, 2.45) is 11.8 Å². The third-order valence-electron chi connectivity index (χ3n) is 3.58. The van der Waals surface area contributed by atoms with E-state index in [-0.39, 0.29) is 30.2 Å². The van der Waals surface area contributed by atoms with Crippen molar-refractivity contribution in [3.63, 3.8) is 0 Å². The molecule has 1 aromatic rings. The number of fused-ring (bicyclic) bond motifs is 1. The second kappa shape index (κ2) is 5.16. The fourth-order valence-electron chi connectivity index (χ4n) is 2.61. The molecule has 1 N–H and O–H groups in total. The molecule has 104 valence electrons. The number of rotatable bonds is 3. The third kappa shape index (κ3) is 2.24. The molecule has 20 heavy (non-hydrogen) atoms. The summed E-state index contributed by atoms with van der Waals surface area (Å²) in [6.07, 6.45) is 6.59. The van der Waals surface area contributed by atoms with Gasteiger partial charge in [-0.1, -0.05) is 12.2 Å². The first-order valence-electron chi connectivity index (χ1n) is 6.36. The van der Waals surface area contributed by atoms with Gasteiger partial charge in [0.15, 0.2) is 5.13 Å². The molecule has 0 unspecified atom stereocenters. The van der Waals surface area contributed by atoms with E-state index in [1.807, 2.05) is 12.2 Å². The van der Waals surface area contributed by atoms with Crippen LogP contribution in [0.5, 0.6) is 0 Å². The summed E-state index contributed by atoms with van der Waals surface area (Å²) in [4.78, 5) is 41.2. The number of amides is 3. The quantitative estimate of drug-likeness (QED) is 0.666. The molecule has 2 atom stereocenters. The Balaban J connectivity index is 1.67. The first-order valence-corrected chi connectivity index (χ1v) is 7.24. The molecule has 1 aliphatic heterocycles. The van der Waals surface area contributed by atoms with Gasteiger partial charge >= 0.3 is 0 Å². The average Bonchev–Trinajstić information content (AvgIpc) is 3.03. The zero-order valence-electron chi connectivity index (χ0n) is 10.6. The summed E-state index contributed by atoms with van der Waals surface area (Å²) >= 11 is 1.29. The third-order valence-corrected chi connectivity index (χ3v) is 4.27. The molecule has 0 radical (unpaired) electrons. The number of carbonyl (C=O) groups is 3. The molecule has 3 amide bonds. The first-order chi connectivity index (χ1) is 9.66. The van der Waals surface area contributed by atoms with E-state index >= 15 is 0 Å². The molecule has 1 aromatic heterocycles. The Kier molecular flexibility index (Phi) is 3.35. The number of hydrogen-bond acceptors (Lipinski definition) is 5. The van der Waals surface area contributed by atoms with Crippen LogP contribution in [0.25, 0.3) is 0 Å². The van der Waals surface area contributed by atoms with Crippen LogP contribution < -0.4 is 5.32 Å². The van der Waals surface area contributed by atoms with Crippen LogP contribution in [0.15, 0.2) is 23.7 Å². The van der Waals surface area contributed by atoms with Gasteiger partial charge in [-0.05, 0) is 12.8 Å². The van der Waals surface area contributed by atoms with Crippen LogP contribution in [0.4, 0.5) is 5.13 Å². The van der Waals surface area contributed by atoms with Crippen LogP contribution in [0, 0.1) is 11.8 Å². The predicted octanol–water partition coefficient (Wildman–Crippen LogP) is 1.03. The van der Waals surface area contributed by atoms with Crippen molar-refractivity contribution in [3.05, 3.63) is 23.7 Å². The Morgan fingerprint density at radius 1 is 1.30 bits per heavy atom. The number of allylic oxidation sites excluding steroid dienone is 2. The highest BCUT2D eigenvalue weighted by atomic mass is 32.1. The Morgan fingerprint density at radius 3 is 2.50 bits per heavy atom. The smallest absolute Gasteiger partial charge is 0.246 e. The summed E-state index contributed by atoms with van der Waals surface area (Å²) < 4.78 is 0. The van der Waals surface area contributed by atoms with E-state index < -0.39 is 5.91 Å². The molecule has 2 heterocycles. The van der Waals surface area contributed by atoms with E-state index in [4.69, 9.17) is 0 Å². The summed E-state index contributed by atoms with van der Waals surface area (Å²) in [5.74, 6) is -1.45. The number of carbonyl (C=O) groups excluding carboxylic acids is 3. The predicted molar refractivity (Wildman–Crippen MR) is 72.8 cm³/mol. The van der Waals surface area contributed by atoms with Crippen LogP contribution in [0.3, 0.4) is 0 Å². The Labute approximate surface area is 119 Å². The number of likely N-dealkylation sites (tertiary alicyclic amines) is 1. The first kappa shape index (κ1) is 13.0. The highest BCUT2D eigenvalue weighted by Gasteiger charge is 2.47. The van der Waals surface area contributed by atoms with E-state index in [0.29, 0.717) is 18.0 Å². The molecule has 3 rings (SSSR count). The average molecular weight is 291 g/mol. The van der Waals surface area contributed by atoms with E-state index in [2.05, 4.69) is 10.3 Å². The van der Waals surface area contributed by atoms with Crippen molar-refractivity contribution in [2.75, 3.05) is 11.9 Å². The molecular formula is C13H13N3O3S. The van der Waals surface area contributed by atoms with Gasteiger partial charge in [0.25, 0.3) is 0 Å². The summed E-state index contributed by atoms with van der Waals surface area (Å²) in [7, 11) is 0. The molecule has 2 aliphatic rings. The number of aromatic nitrogens is 1. The van der Waals surface area contributed by atoms with Gasteiger partial charge in [0.1, 0.15) is 6.54 Å². The molecule has 1 aliphatic carbocycles. The van der Waals surface area contributed by atoms with Gasteiger partial charge < -0.3 is 5.32 Å². The molecule has 0 bridgehead atoms. The molecule has 0 saturated carbocycles. The van der Waals surface area contributed by atoms with Crippen molar-refractivity contribution < 1.29 is 14.4 Å². The minimum absolute atomic E-state index is 0.232. The van der Waals surface area contributed by atoms with E-state index in [1.54, 1.807) is 11.6 Å². The fraction of sp³-hybridized carbons (Fsp3) is 0.385. The fourth-order valence-corrected chi connectivity index (χ4v) is 3.16. The summed E-state index contributed by atoms with van der Waals surface area (Å²) in [6.45, 7) is -0.232. The zero-order chi connectivity index (χ0) is 14.1. The van der Waals surface area contributed by atoms with Crippen molar-refractivity contribution in [2.45, 2.75) is 12.8 Å². The van der Waals surface area contributed by atoms with Gasteiger partial charge in [-0.15, -0.1) is 11.3 Å². The molecule has 0 spiro atoms. The van der Waals surface area contributed by atoms with Crippen LogP contribution in [-0.4, -0.2) is 34.2 Å². The SMILES string of the molecule is O=C(CN1C(=O)[C@@H]2CC=CC[C@H]2C1=O)Nc1nccs1. The van der Waals surface area contributed by atoms with E-state index in [1.165, 1.54) is 11.3 Å². The van der Waals surface area contributed by atoms with Crippen LogP contribution >= 0.6 is 11.3 Å². The molecular weight excluding hydrogens is 278 g/mol. The standard InChI is InChI=1S/C13H13N3O3S/c17-10(15-13-14-5-6-20-13)7-16-11(18)8-3-1-2-4-9(8)12(16)19/h1-2,5-6,8-9H,3-4,7H2,(H,14,15,17)/t8-,9-/m1/s1. The Morgan fingerprint density at radius 2 is 1.95 bits per heavy atom. The van der Waals surface area contributed by atoms with Crippen molar-refractivity contribution in [3.8, 4) is 0 Å². The summed E-state index contributed by atoms with van der Waals surface area (Å²) in [5, 5.41) is 4.78. The van der Waals surface area contributed by atoms with Crippen LogP contribution in [0.1, 0.15) is 12.8 Å². The van der Waals surface area contributed by atoms with Gasteiger partial charge in [-0.3, -0.25) is 19.3 Å². The second-order valence-electron chi connectivity index (χ2n) is 4.80. The van der Waals surface area contributed by atoms with Crippen molar-refractivity contribution in [1.29, 1.82) is 0 Å². The lowest BCUT2D eigenvalue weighted by molar-refractivity contribution is -0.142. The van der Waals surface area contributed by atoms with E-state index in [0.717, 1.165) is 4.90 Å². The number of imide groups is 1. The van der Waals surface area contributed by atoms with Crippen LogP contribution in [-0.2, 0) is 14.4 Å². The molecule has 7 heteroatoms. The maximum atomic E-state index is 12.2. The van der Waals surface area contributed by atoms with E-state index in [9.17, 15) is 14.4 Å². The number of hydrogen-bond donors (Lipinski definition) is 1. The number of anilines is 1. The summed E-state index contributed by atoms with van der Waals surface area (Å²) in [5.41, 5.74) is 0. The topological polar surface area (TPSA) is 79.4 Å². The monoisotopic (exact) mass is 291 g/mol. The highest BCUT2D eigenvalue weighted by Crippen LogP contribution is 2.34. The maximum absolute atomic E-state index is 12.2. The Hall–Kier alpha value is -2.02. The van der Waals surface area contributed by atoms with Gasteiger partial charge in [0, 0.05) is 11.6 Å². The summed E-state index contributed by atoms with van der Waals surface area (Å²) in [6, 6.07) is 0. The largest absolute Gasteiger partial charge is 0.300 e. The minimum atomic E-state index is -0.395. The van der Waals surface area contributed by atoms with Gasteiger partial charge in [0.2, 0.25) is 17.7 Å². The van der Waals surface area contributed by atoms with Gasteiger partial charge in [-0.25, -0.2) is 4.98 Å². The zero-order valence-corrected chi connectivity index (χ0v) is 11.4. The van der Waals surface area contributed by atoms with Crippen molar-refractivity contribution in [1.82, 2.24) is 9.88 Å². The lowest BCUT2D eigenvalue weighted by atomic mass is 9.85. The molecule has 1 saturated heterocycles. The highest BCUT2D eigenvalue weighted by molar-refractivity contribution is 7.13. The molecule has 6 nitrogen and oxygen atoms in total.